The van der Waals surface area contributed by atoms with Gasteiger partial charge in [0.1, 0.15) is 17.2 Å². The number of pyridine rings is 2. The quantitative estimate of drug-likeness (QED) is 0.765. The maximum absolute atomic E-state index is 11.7. The molecule has 2 aromatic rings. The molecule has 0 N–H and O–H groups in total. The zero-order chi connectivity index (χ0) is 17.9. The summed E-state index contributed by atoms with van der Waals surface area (Å²) in [7, 11) is 0. The minimum Gasteiger partial charge on any atom is -0.616 e. The highest BCUT2D eigenvalue weighted by Gasteiger charge is 2.28. The van der Waals surface area contributed by atoms with Crippen molar-refractivity contribution in [3.05, 3.63) is 24.4 Å². The summed E-state index contributed by atoms with van der Waals surface area (Å²) in [6, 6.07) is 5.97. The Morgan fingerprint density at radius 3 is 2.73 bits per heavy atom. The van der Waals surface area contributed by atoms with Crippen LogP contribution in [0.4, 0.5) is 5.82 Å². The van der Waals surface area contributed by atoms with Gasteiger partial charge in [-0.2, -0.15) is 4.98 Å². The van der Waals surface area contributed by atoms with Crippen LogP contribution in [0.15, 0.2) is 24.4 Å². The molecule has 0 aromatic carbocycles. The van der Waals surface area contributed by atoms with Crippen LogP contribution in [0, 0.1) is 0 Å². The minimum absolute atomic E-state index is 0.130. The highest BCUT2D eigenvalue weighted by molar-refractivity contribution is 7.91. The Morgan fingerprint density at radius 2 is 2.00 bits per heavy atom. The molecule has 7 heteroatoms. The number of morpholine rings is 1. The minimum atomic E-state index is -0.742. The van der Waals surface area contributed by atoms with Crippen molar-refractivity contribution < 1.29 is 14.0 Å². The Kier molecular flexibility index (Phi) is 5.47. The van der Waals surface area contributed by atoms with Crippen LogP contribution in [0.25, 0.3) is 10.9 Å². The SMILES string of the molecule is C[S+]([O-])[C@H]1CC[C@@H](Oc2nc(N3CCOCC3)cc3ncccc23)CC1. The third-order valence-corrected chi connectivity index (χ3v) is 6.67. The topological polar surface area (TPSA) is 70.5 Å². The molecule has 1 atom stereocenters. The van der Waals surface area contributed by atoms with E-state index >= 15 is 0 Å². The lowest BCUT2D eigenvalue weighted by Gasteiger charge is -2.30. The summed E-state index contributed by atoms with van der Waals surface area (Å²) >= 11 is -0.742. The summed E-state index contributed by atoms with van der Waals surface area (Å²) in [5.74, 6) is 1.57. The van der Waals surface area contributed by atoms with Crippen molar-refractivity contribution in [1.29, 1.82) is 0 Å². The predicted molar refractivity (Wildman–Crippen MR) is 103 cm³/mol. The molecule has 0 radical (unpaired) electrons. The van der Waals surface area contributed by atoms with Crippen LogP contribution in [0.3, 0.4) is 0 Å². The van der Waals surface area contributed by atoms with Gasteiger partial charge in [0.15, 0.2) is 0 Å². The Hall–Kier alpha value is -1.57. The lowest BCUT2D eigenvalue weighted by Crippen LogP contribution is -2.37. The van der Waals surface area contributed by atoms with Crippen LogP contribution in [-0.4, -0.2) is 58.4 Å². The van der Waals surface area contributed by atoms with E-state index in [4.69, 9.17) is 14.5 Å². The molecule has 0 amide bonds. The Labute approximate surface area is 157 Å². The molecule has 1 unspecified atom stereocenters. The van der Waals surface area contributed by atoms with Crippen LogP contribution in [0.5, 0.6) is 5.88 Å². The van der Waals surface area contributed by atoms with Gasteiger partial charge in [-0.25, -0.2) is 0 Å². The van der Waals surface area contributed by atoms with E-state index < -0.39 is 11.2 Å². The molecule has 0 spiro atoms. The third kappa shape index (κ3) is 3.89. The van der Waals surface area contributed by atoms with Gasteiger partial charge in [-0.15, -0.1) is 0 Å². The summed E-state index contributed by atoms with van der Waals surface area (Å²) in [5.41, 5.74) is 0.905. The molecule has 26 heavy (non-hydrogen) atoms. The number of fused-ring (bicyclic) bond motifs is 1. The van der Waals surface area contributed by atoms with Gasteiger partial charge in [-0.05, 0) is 37.8 Å². The predicted octanol–water partition coefficient (Wildman–Crippen LogP) is 2.53. The van der Waals surface area contributed by atoms with Crippen LogP contribution >= 0.6 is 0 Å². The molecule has 1 saturated carbocycles. The second-order valence-electron chi connectivity index (χ2n) is 6.97. The second kappa shape index (κ2) is 7.98. The van der Waals surface area contributed by atoms with Gasteiger partial charge in [0, 0.05) is 25.4 Å². The Bertz CT molecular complexity index is 744. The van der Waals surface area contributed by atoms with Gasteiger partial charge >= 0.3 is 0 Å². The first-order chi connectivity index (χ1) is 12.7. The molecule has 2 fully saturated rings. The normalized spacial score (nSPS) is 25.2. The van der Waals surface area contributed by atoms with E-state index in [0.717, 1.165) is 68.7 Å². The molecular formula is C19H25N3O3S. The molecule has 1 aliphatic carbocycles. The molecule has 1 saturated heterocycles. The van der Waals surface area contributed by atoms with Crippen LogP contribution < -0.4 is 9.64 Å². The first kappa shape index (κ1) is 17.8. The number of hydrogen-bond acceptors (Lipinski definition) is 6. The van der Waals surface area contributed by atoms with Crippen molar-refractivity contribution in [1.82, 2.24) is 9.97 Å². The second-order valence-corrected chi connectivity index (χ2v) is 8.63. The molecule has 4 rings (SSSR count). The molecular weight excluding hydrogens is 350 g/mol. The van der Waals surface area contributed by atoms with Gasteiger partial charge in [0.25, 0.3) is 0 Å². The van der Waals surface area contributed by atoms with Crippen LogP contribution in [0.2, 0.25) is 0 Å². The van der Waals surface area contributed by atoms with E-state index in [0.29, 0.717) is 11.1 Å². The Morgan fingerprint density at radius 1 is 1.23 bits per heavy atom. The van der Waals surface area contributed by atoms with Crippen molar-refractivity contribution in [2.24, 2.45) is 0 Å². The van der Waals surface area contributed by atoms with Gasteiger partial charge in [-0.1, -0.05) is 11.2 Å². The van der Waals surface area contributed by atoms with E-state index in [1.807, 2.05) is 18.2 Å². The van der Waals surface area contributed by atoms with E-state index in [-0.39, 0.29) is 6.10 Å². The number of anilines is 1. The summed E-state index contributed by atoms with van der Waals surface area (Å²) < 4.78 is 23.5. The average Bonchev–Trinajstić information content (AvgIpc) is 2.69. The first-order valence-corrected chi connectivity index (χ1v) is 10.9. The number of hydrogen-bond donors (Lipinski definition) is 0. The van der Waals surface area contributed by atoms with E-state index in [1.54, 1.807) is 12.5 Å². The van der Waals surface area contributed by atoms with Gasteiger partial charge in [0.05, 0.1) is 30.4 Å². The van der Waals surface area contributed by atoms with Gasteiger partial charge < -0.3 is 18.9 Å². The van der Waals surface area contributed by atoms with Crippen molar-refractivity contribution >= 4 is 27.9 Å². The molecule has 0 bridgehead atoms. The number of ether oxygens (including phenoxy) is 2. The zero-order valence-corrected chi connectivity index (χ0v) is 15.9. The molecule has 3 heterocycles. The summed E-state index contributed by atoms with van der Waals surface area (Å²) in [4.78, 5) is 11.6. The molecule has 1 aliphatic heterocycles. The Balaban J connectivity index is 1.57. The zero-order valence-electron chi connectivity index (χ0n) is 15.1. The van der Waals surface area contributed by atoms with Crippen LogP contribution in [-0.2, 0) is 15.9 Å². The van der Waals surface area contributed by atoms with Crippen molar-refractivity contribution in [2.75, 3.05) is 37.5 Å². The fourth-order valence-corrected chi connectivity index (χ4v) is 4.65. The maximum Gasteiger partial charge on any atom is 0.225 e. The van der Waals surface area contributed by atoms with Crippen LogP contribution in [0.1, 0.15) is 25.7 Å². The van der Waals surface area contributed by atoms with Crippen molar-refractivity contribution in [3.63, 3.8) is 0 Å². The van der Waals surface area contributed by atoms with E-state index in [9.17, 15) is 4.55 Å². The third-order valence-electron chi connectivity index (χ3n) is 5.25. The van der Waals surface area contributed by atoms with E-state index in [2.05, 4.69) is 9.88 Å². The highest BCUT2D eigenvalue weighted by atomic mass is 32.2. The maximum atomic E-state index is 11.7. The smallest absolute Gasteiger partial charge is 0.225 e. The summed E-state index contributed by atoms with van der Waals surface area (Å²) in [5, 5.41) is 1.26. The van der Waals surface area contributed by atoms with E-state index in [1.165, 1.54) is 0 Å². The fourth-order valence-electron chi connectivity index (χ4n) is 3.72. The van der Waals surface area contributed by atoms with Gasteiger partial charge in [0.2, 0.25) is 5.88 Å². The molecule has 2 aromatic heterocycles. The number of nitrogens with zero attached hydrogens (tertiary/aromatic N) is 3. The fraction of sp³-hybridized carbons (Fsp3) is 0.579. The van der Waals surface area contributed by atoms with Crippen molar-refractivity contribution in [3.8, 4) is 5.88 Å². The lowest BCUT2D eigenvalue weighted by atomic mass is 9.97. The number of aromatic nitrogens is 2. The summed E-state index contributed by atoms with van der Waals surface area (Å²) in [6.45, 7) is 3.10. The van der Waals surface area contributed by atoms with Crippen molar-refractivity contribution in [2.45, 2.75) is 37.0 Å². The van der Waals surface area contributed by atoms with Gasteiger partial charge in [-0.3, -0.25) is 4.98 Å². The largest absolute Gasteiger partial charge is 0.616 e. The average molecular weight is 375 g/mol. The molecule has 6 nitrogen and oxygen atoms in total. The summed E-state index contributed by atoms with van der Waals surface area (Å²) in [6.07, 6.45) is 7.49. The monoisotopic (exact) mass is 375 g/mol. The first-order valence-electron chi connectivity index (χ1n) is 9.28. The lowest BCUT2D eigenvalue weighted by molar-refractivity contribution is 0.122. The number of rotatable bonds is 4. The standard InChI is InChI=1S/C19H25N3O3S/c1-26(23)15-6-4-14(5-7-15)25-19-16-3-2-8-20-17(16)13-18(21-19)22-9-11-24-12-10-22/h2-3,8,13-15H,4-7,9-12H2,1H3/t14-,15+,26?. The molecule has 2 aliphatic rings. The molecule has 140 valence electrons. The highest BCUT2D eigenvalue weighted by Crippen LogP contribution is 2.32.